The molecule has 1 aromatic heterocycles. The summed E-state index contributed by atoms with van der Waals surface area (Å²) in [6, 6.07) is 12.1. The average molecular weight is 522 g/mol. The minimum atomic E-state index is -0.813. The van der Waals surface area contributed by atoms with Crippen LogP contribution in [-0.4, -0.2) is 58.5 Å². The number of benzene rings is 2. The molecule has 4 rings (SSSR count). The molecule has 3 aromatic rings. The van der Waals surface area contributed by atoms with E-state index in [-0.39, 0.29) is 24.4 Å². The van der Waals surface area contributed by atoms with Gasteiger partial charge in [0.15, 0.2) is 11.5 Å². The molecule has 0 saturated heterocycles. The zero-order valence-electron chi connectivity index (χ0n) is 22.9. The molecule has 9 nitrogen and oxygen atoms in total. The summed E-state index contributed by atoms with van der Waals surface area (Å²) in [5.74, 6) is 1.18. The fourth-order valence-electron chi connectivity index (χ4n) is 5.20. The summed E-state index contributed by atoms with van der Waals surface area (Å²) in [5.41, 5.74) is 2.20. The number of aromatic nitrogens is 3. The number of para-hydroxylation sites is 1. The lowest BCUT2D eigenvalue weighted by molar-refractivity contribution is -0.145. The van der Waals surface area contributed by atoms with Gasteiger partial charge in [-0.15, -0.1) is 5.10 Å². The number of carbonyl (C=O) groups is 2. The third kappa shape index (κ3) is 6.26. The van der Waals surface area contributed by atoms with E-state index in [1.165, 1.54) is 0 Å². The first kappa shape index (κ1) is 27.4. The largest absolute Gasteiger partial charge is 0.493 e. The number of rotatable bonds is 11. The van der Waals surface area contributed by atoms with E-state index in [4.69, 9.17) is 9.47 Å². The first-order valence-electron chi connectivity index (χ1n) is 13.5. The van der Waals surface area contributed by atoms with Crippen LogP contribution in [0, 0.1) is 5.92 Å². The SMILES string of the molecule is COc1ccc([C@H](C(=O)NCCC(C)C)N(C(=O)Cn2nnc3ccccc32)C2CCCCC2)cc1OC. The van der Waals surface area contributed by atoms with Crippen LogP contribution < -0.4 is 14.8 Å². The summed E-state index contributed by atoms with van der Waals surface area (Å²) in [6.07, 6.45) is 5.74. The van der Waals surface area contributed by atoms with Gasteiger partial charge in [-0.2, -0.15) is 0 Å². The third-order valence-corrected chi connectivity index (χ3v) is 7.23. The molecule has 0 bridgehead atoms. The van der Waals surface area contributed by atoms with Crippen molar-refractivity contribution in [2.24, 2.45) is 5.92 Å². The summed E-state index contributed by atoms with van der Waals surface area (Å²) >= 11 is 0. The maximum absolute atomic E-state index is 14.1. The minimum absolute atomic E-state index is 0.0000764. The van der Waals surface area contributed by atoms with E-state index >= 15 is 0 Å². The smallest absolute Gasteiger partial charge is 0.247 e. The monoisotopic (exact) mass is 521 g/mol. The lowest BCUT2D eigenvalue weighted by Crippen LogP contribution is -2.50. The van der Waals surface area contributed by atoms with Crippen molar-refractivity contribution in [3.8, 4) is 11.5 Å². The minimum Gasteiger partial charge on any atom is -0.493 e. The fourth-order valence-corrected chi connectivity index (χ4v) is 5.20. The van der Waals surface area contributed by atoms with Gasteiger partial charge in [-0.1, -0.05) is 56.5 Å². The Morgan fingerprint density at radius 3 is 2.50 bits per heavy atom. The molecule has 204 valence electrons. The average Bonchev–Trinajstić information content (AvgIpc) is 3.34. The Hall–Kier alpha value is -3.62. The number of nitrogens with zero attached hydrogens (tertiary/aromatic N) is 4. The quantitative estimate of drug-likeness (QED) is 0.399. The summed E-state index contributed by atoms with van der Waals surface area (Å²) < 4.78 is 12.6. The van der Waals surface area contributed by atoms with Crippen LogP contribution in [0.1, 0.15) is 64.0 Å². The van der Waals surface area contributed by atoms with Crippen molar-refractivity contribution < 1.29 is 19.1 Å². The van der Waals surface area contributed by atoms with Gasteiger partial charge in [-0.05, 0) is 55.0 Å². The molecule has 0 unspecified atom stereocenters. The second-order valence-electron chi connectivity index (χ2n) is 10.3. The highest BCUT2D eigenvalue weighted by Gasteiger charge is 2.37. The number of nitrogens with one attached hydrogen (secondary N) is 1. The van der Waals surface area contributed by atoms with Crippen molar-refractivity contribution in [1.82, 2.24) is 25.2 Å². The standard InChI is InChI=1S/C29H39N5O4/c1-20(2)16-17-30-29(36)28(21-14-15-25(37-3)26(18-21)38-4)34(22-10-6-5-7-11-22)27(35)19-33-24-13-9-8-12-23(24)31-32-33/h8-9,12-15,18,20,22,28H,5-7,10-11,16-17,19H2,1-4H3,(H,30,36)/t28-/m1/s1. The molecule has 0 spiro atoms. The Morgan fingerprint density at radius 2 is 1.79 bits per heavy atom. The summed E-state index contributed by atoms with van der Waals surface area (Å²) in [5, 5.41) is 11.6. The highest BCUT2D eigenvalue weighted by atomic mass is 16.5. The second kappa shape index (κ2) is 12.8. The van der Waals surface area contributed by atoms with Crippen molar-refractivity contribution in [2.45, 2.75) is 71.0 Å². The molecular formula is C29H39N5O4. The first-order valence-corrected chi connectivity index (χ1v) is 13.5. The molecule has 1 atom stereocenters. The summed E-state index contributed by atoms with van der Waals surface area (Å²) in [6.45, 7) is 4.79. The molecule has 0 aliphatic heterocycles. The van der Waals surface area contributed by atoms with Crippen LogP contribution in [0.25, 0.3) is 11.0 Å². The zero-order valence-corrected chi connectivity index (χ0v) is 22.9. The molecular weight excluding hydrogens is 482 g/mol. The predicted octanol–water partition coefficient (Wildman–Crippen LogP) is 4.51. The highest BCUT2D eigenvalue weighted by molar-refractivity contribution is 5.89. The summed E-state index contributed by atoms with van der Waals surface area (Å²) in [4.78, 5) is 29.8. The van der Waals surface area contributed by atoms with Crippen LogP contribution in [-0.2, 0) is 16.1 Å². The van der Waals surface area contributed by atoms with Crippen LogP contribution >= 0.6 is 0 Å². The number of methoxy groups -OCH3 is 2. The molecule has 1 heterocycles. The molecule has 2 amide bonds. The van der Waals surface area contributed by atoms with Crippen molar-refractivity contribution >= 4 is 22.8 Å². The van der Waals surface area contributed by atoms with Gasteiger partial charge in [-0.25, -0.2) is 4.68 Å². The number of hydrogen-bond donors (Lipinski definition) is 1. The van der Waals surface area contributed by atoms with Crippen molar-refractivity contribution in [2.75, 3.05) is 20.8 Å². The molecule has 0 radical (unpaired) electrons. The fraction of sp³-hybridized carbons (Fsp3) is 0.517. The van der Waals surface area contributed by atoms with Gasteiger partial charge in [0.05, 0.1) is 19.7 Å². The van der Waals surface area contributed by atoms with E-state index in [1.807, 2.05) is 30.3 Å². The van der Waals surface area contributed by atoms with E-state index in [0.29, 0.717) is 29.5 Å². The van der Waals surface area contributed by atoms with E-state index < -0.39 is 6.04 Å². The Morgan fingerprint density at radius 1 is 1.05 bits per heavy atom. The van der Waals surface area contributed by atoms with Crippen LogP contribution in [0.5, 0.6) is 11.5 Å². The Labute approximate surface area is 224 Å². The van der Waals surface area contributed by atoms with Gasteiger partial charge < -0.3 is 19.7 Å². The number of hydrogen-bond acceptors (Lipinski definition) is 6. The highest BCUT2D eigenvalue weighted by Crippen LogP contribution is 2.36. The lowest BCUT2D eigenvalue weighted by Gasteiger charge is -2.39. The first-order chi connectivity index (χ1) is 18.4. The Kier molecular flexibility index (Phi) is 9.20. The van der Waals surface area contributed by atoms with E-state index in [2.05, 4.69) is 29.5 Å². The van der Waals surface area contributed by atoms with E-state index in [9.17, 15) is 9.59 Å². The molecule has 1 aliphatic carbocycles. The van der Waals surface area contributed by atoms with Gasteiger partial charge >= 0.3 is 0 Å². The molecule has 9 heteroatoms. The van der Waals surface area contributed by atoms with Crippen LogP contribution in [0.3, 0.4) is 0 Å². The van der Waals surface area contributed by atoms with E-state index in [0.717, 1.165) is 49.6 Å². The lowest BCUT2D eigenvalue weighted by atomic mass is 9.91. The van der Waals surface area contributed by atoms with Gasteiger partial charge in [-0.3, -0.25) is 9.59 Å². The number of ether oxygens (including phenoxy) is 2. The van der Waals surface area contributed by atoms with E-state index in [1.54, 1.807) is 35.9 Å². The van der Waals surface area contributed by atoms with Crippen molar-refractivity contribution in [3.63, 3.8) is 0 Å². The molecule has 2 aromatic carbocycles. The molecule has 1 fully saturated rings. The van der Waals surface area contributed by atoms with Gasteiger partial charge in [0, 0.05) is 12.6 Å². The van der Waals surface area contributed by atoms with Crippen molar-refractivity contribution in [3.05, 3.63) is 48.0 Å². The molecule has 1 saturated carbocycles. The topological polar surface area (TPSA) is 98.6 Å². The third-order valence-electron chi connectivity index (χ3n) is 7.23. The number of amides is 2. The van der Waals surface area contributed by atoms with Crippen molar-refractivity contribution in [1.29, 1.82) is 0 Å². The number of fused-ring (bicyclic) bond motifs is 1. The molecule has 1 N–H and O–H groups in total. The van der Waals surface area contributed by atoms with Crippen LogP contribution in [0.4, 0.5) is 0 Å². The van der Waals surface area contributed by atoms with Crippen LogP contribution in [0.15, 0.2) is 42.5 Å². The van der Waals surface area contributed by atoms with Gasteiger partial charge in [0.25, 0.3) is 0 Å². The molecule has 1 aliphatic rings. The second-order valence-corrected chi connectivity index (χ2v) is 10.3. The Balaban J connectivity index is 1.74. The molecule has 38 heavy (non-hydrogen) atoms. The Bertz CT molecular complexity index is 1230. The van der Waals surface area contributed by atoms with Gasteiger partial charge in [0.2, 0.25) is 11.8 Å². The van der Waals surface area contributed by atoms with Gasteiger partial charge in [0.1, 0.15) is 18.1 Å². The summed E-state index contributed by atoms with van der Waals surface area (Å²) in [7, 11) is 3.15. The maximum Gasteiger partial charge on any atom is 0.247 e. The zero-order chi connectivity index (χ0) is 27.1. The predicted molar refractivity (Wildman–Crippen MR) is 146 cm³/mol. The normalized spacial score (nSPS) is 14.9. The maximum atomic E-state index is 14.1. The number of carbonyl (C=O) groups excluding carboxylic acids is 2. The van der Waals surface area contributed by atoms with Crippen LogP contribution in [0.2, 0.25) is 0 Å².